The minimum absolute atomic E-state index is 0.220. The topological polar surface area (TPSA) is 43.0 Å². The highest BCUT2D eigenvalue weighted by atomic mass is 79.9. The Bertz CT molecular complexity index is 478. The molecule has 0 fully saturated rings. The molecule has 5 heteroatoms. The lowest BCUT2D eigenvalue weighted by molar-refractivity contribution is 0.401. The number of imidazole rings is 1. The van der Waals surface area contributed by atoms with Gasteiger partial charge in [-0.1, -0.05) is 0 Å². The van der Waals surface area contributed by atoms with E-state index in [2.05, 4.69) is 26.2 Å². The van der Waals surface area contributed by atoms with Gasteiger partial charge in [-0.25, -0.2) is 4.98 Å². The molecule has 17 heavy (non-hydrogen) atoms. The molecule has 0 saturated carbocycles. The Labute approximate surface area is 109 Å². The molecule has 2 heterocycles. The van der Waals surface area contributed by atoms with Crippen molar-refractivity contribution in [3.05, 3.63) is 40.8 Å². The van der Waals surface area contributed by atoms with Crippen LogP contribution in [-0.4, -0.2) is 16.6 Å². The van der Waals surface area contributed by atoms with E-state index in [1.54, 1.807) is 0 Å². The van der Waals surface area contributed by atoms with Gasteiger partial charge in [-0.2, -0.15) is 0 Å². The SMILES string of the molecule is CNC(CCc1nccn1C)c1ccc(Br)o1. The summed E-state index contributed by atoms with van der Waals surface area (Å²) in [5, 5.41) is 3.26. The highest BCUT2D eigenvalue weighted by Crippen LogP contribution is 2.23. The maximum Gasteiger partial charge on any atom is 0.169 e. The predicted molar refractivity (Wildman–Crippen MR) is 69.7 cm³/mol. The van der Waals surface area contributed by atoms with Crippen LogP contribution in [0, 0.1) is 0 Å². The van der Waals surface area contributed by atoms with Crippen LogP contribution < -0.4 is 5.32 Å². The van der Waals surface area contributed by atoms with Gasteiger partial charge in [-0.15, -0.1) is 0 Å². The van der Waals surface area contributed by atoms with Gasteiger partial charge < -0.3 is 14.3 Å². The van der Waals surface area contributed by atoms with Crippen molar-refractivity contribution in [2.45, 2.75) is 18.9 Å². The fourth-order valence-corrected chi connectivity index (χ4v) is 2.17. The van der Waals surface area contributed by atoms with Crippen molar-refractivity contribution in [1.29, 1.82) is 0 Å². The van der Waals surface area contributed by atoms with Gasteiger partial charge in [-0.3, -0.25) is 0 Å². The lowest BCUT2D eigenvalue weighted by Gasteiger charge is -2.13. The maximum absolute atomic E-state index is 5.56. The van der Waals surface area contributed by atoms with E-state index in [4.69, 9.17) is 4.42 Å². The molecule has 2 rings (SSSR count). The summed E-state index contributed by atoms with van der Waals surface area (Å²) in [6.45, 7) is 0. The van der Waals surface area contributed by atoms with E-state index in [1.807, 2.05) is 43.2 Å². The summed E-state index contributed by atoms with van der Waals surface area (Å²) in [5.74, 6) is 2.05. The van der Waals surface area contributed by atoms with E-state index in [1.165, 1.54) is 0 Å². The number of hydrogen-bond acceptors (Lipinski definition) is 3. The number of nitrogens with zero attached hydrogens (tertiary/aromatic N) is 2. The quantitative estimate of drug-likeness (QED) is 0.923. The van der Waals surface area contributed by atoms with Crippen molar-refractivity contribution in [2.75, 3.05) is 7.05 Å². The largest absolute Gasteiger partial charge is 0.453 e. The second kappa shape index (κ2) is 5.51. The first-order valence-corrected chi connectivity index (χ1v) is 6.38. The molecule has 0 bridgehead atoms. The second-order valence-corrected chi connectivity index (χ2v) is 4.76. The number of nitrogens with one attached hydrogen (secondary N) is 1. The Morgan fingerprint density at radius 2 is 2.35 bits per heavy atom. The first kappa shape index (κ1) is 12.4. The molecule has 0 aliphatic rings. The average molecular weight is 298 g/mol. The van der Waals surface area contributed by atoms with Gasteiger partial charge in [0.05, 0.1) is 6.04 Å². The van der Waals surface area contributed by atoms with Crippen molar-refractivity contribution >= 4 is 15.9 Å². The fraction of sp³-hybridized carbons (Fsp3) is 0.417. The molecule has 0 amide bonds. The lowest BCUT2D eigenvalue weighted by atomic mass is 10.1. The molecule has 4 nitrogen and oxygen atoms in total. The van der Waals surface area contributed by atoms with Crippen LogP contribution in [0.3, 0.4) is 0 Å². The fourth-order valence-electron chi connectivity index (χ4n) is 1.86. The Hall–Kier alpha value is -1.07. The standard InChI is InChI=1S/C12H16BrN3O/c1-14-9(10-4-5-11(13)17-10)3-6-12-15-7-8-16(12)2/h4-5,7-9,14H,3,6H2,1-2H3. The smallest absolute Gasteiger partial charge is 0.169 e. The summed E-state index contributed by atoms with van der Waals surface area (Å²) >= 11 is 3.32. The molecule has 0 aliphatic heterocycles. The molecule has 0 saturated heterocycles. The number of hydrogen-bond donors (Lipinski definition) is 1. The molecular weight excluding hydrogens is 282 g/mol. The van der Waals surface area contributed by atoms with E-state index in [9.17, 15) is 0 Å². The lowest BCUT2D eigenvalue weighted by Crippen LogP contribution is -2.17. The van der Waals surface area contributed by atoms with E-state index in [0.29, 0.717) is 0 Å². The third kappa shape index (κ3) is 2.98. The molecule has 2 aromatic heterocycles. The van der Waals surface area contributed by atoms with Gasteiger partial charge >= 0.3 is 0 Å². The van der Waals surface area contributed by atoms with Crippen LogP contribution in [0.4, 0.5) is 0 Å². The Morgan fingerprint density at radius 1 is 1.53 bits per heavy atom. The third-order valence-electron chi connectivity index (χ3n) is 2.86. The first-order chi connectivity index (χ1) is 8.20. The summed E-state index contributed by atoms with van der Waals surface area (Å²) < 4.78 is 8.38. The van der Waals surface area contributed by atoms with E-state index >= 15 is 0 Å². The Balaban J connectivity index is 1.99. The van der Waals surface area contributed by atoms with Gasteiger partial charge in [0.25, 0.3) is 0 Å². The minimum atomic E-state index is 0.220. The maximum atomic E-state index is 5.56. The summed E-state index contributed by atoms with van der Waals surface area (Å²) in [7, 11) is 3.96. The molecule has 1 unspecified atom stereocenters. The molecule has 0 radical (unpaired) electrons. The molecule has 92 valence electrons. The van der Waals surface area contributed by atoms with E-state index in [-0.39, 0.29) is 6.04 Å². The number of rotatable bonds is 5. The molecule has 0 aliphatic carbocycles. The number of halogens is 1. The van der Waals surface area contributed by atoms with Crippen LogP contribution in [0.5, 0.6) is 0 Å². The Kier molecular flexibility index (Phi) is 4.02. The van der Waals surface area contributed by atoms with Gasteiger partial charge in [0.1, 0.15) is 11.6 Å². The van der Waals surface area contributed by atoms with Crippen molar-refractivity contribution < 1.29 is 4.42 Å². The van der Waals surface area contributed by atoms with Gasteiger partial charge in [0.2, 0.25) is 0 Å². The summed E-state index contributed by atoms with van der Waals surface area (Å²) in [6, 6.07) is 4.13. The molecular formula is C12H16BrN3O. The summed E-state index contributed by atoms with van der Waals surface area (Å²) in [6.07, 6.45) is 5.68. The normalized spacial score (nSPS) is 12.9. The summed E-state index contributed by atoms with van der Waals surface area (Å²) in [5.41, 5.74) is 0. The summed E-state index contributed by atoms with van der Waals surface area (Å²) in [4.78, 5) is 4.32. The molecule has 1 N–H and O–H groups in total. The average Bonchev–Trinajstić information content (AvgIpc) is 2.90. The molecule has 1 atom stereocenters. The van der Waals surface area contributed by atoms with Crippen LogP contribution >= 0.6 is 15.9 Å². The van der Waals surface area contributed by atoms with Crippen molar-refractivity contribution in [1.82, 2.24) is 14.9 Å². The predicted octanol–water partition coefficient (Wildman–Crippen LogP) is 2.67. The van der Waals surface area contributed by atoms with Gasteiger partial charge in [0, 0.05) is 25.9 Å². The highest BCUT2D eigenvalue weighted by Gasteiger charge is 2.14. The van der Waals surface area contributed by atoms with Crippen LogP contribution in [0.15, 0.2) is 33.6 Å². The van der Waals surface area contributed by atoms with Crippen molar-refractivity contribution in [3.8, 4) is 0 Å². The Morgan fingerprint density at radius 3 is 2.88 bits per heavy atom. The van der Waals surface area contributed by atoms with Gasteiger partial charge in [0.15, 0.2) is 4.67 Å². The second-order valence-electron chi connectivity index (χ2n) is 3.98. The third-order valence-corrected chi connectivity index (χ3v) is 3.29. The first-order valence-electron chi connectivity index (χ1n) is 5.59. The van der Waals surface area contributed by atoms with Gasteiger partial charge in [-0.05, 0) is 41.5 Å². The van der Waals surface area contributed by atoms with Crippen molar-refractivity contribution in [3.63, 3.8) is 0 Å². The zero-order valence-electron chi connectivity index (χ0n) is 9.98. The van der Waals surface area contributed by atoms with Crippen LogP contribution in [0.25, 0.3) is 0 Å². The zero-order valence-corrected chi connectivity index (χ0v) is 11.6. The molecule has 0 aromatic carbocycles. The highest BCUT2D eigenvalue weighted by molar-refractivity contribution is 9.10. The van der Waals surface area contributed by atoms with Crippen LogP contribution in [0.2, 0.25) is 0 Å². The van der Waals surface area contributed by atoms with Crippen LogP contribution in [0.1, 0.15) is 24.0 Å². The monoisotopic (exact) mass is 297 g/mol. The zero-order chi connectivity index (χ0) is 12.3. The minimum Gasteiger partial charge on any atom is -0.453 e. The molecule has 0 spiro atoms. The van der Waals surface area contributed by atoms with Crippen LogP contribution in [-0.2, 0) is 13.5 Å². The van der Waals surface area contributed by atoms with Crippen molar-refractivity contribution in [2.24, 2.45) is 7.05 Å². The number of furan rings is 1. The number of aromatic nitrogens is 2. The molecule has 2 aromatic rings. The van der Waals surface area contributed by atoms with E-state index in [0.717, 1.165) is 29.1 Å². The number of aryl methyl sites for hydroxylation is 2. The van der Waals surface area contributed by atoms with E-state index < -0.39 is 0 Å².